The van der Waals surface area contributed by atoms with E-state index in [2.05, 4.69) is 15.2 Å². The fourth-order valence-corrected chi connectivity index (χ4v) is 2.56. The molecule has 23 heavy (non-hydrogen) atoms. The van der Waals surface area contributed by atoms with Crippen molar-refractivity contribution < 1.29 is 9.13 Å². The van der Waals surface area contributed by atoms with E-state index in [1.807, 2.05) is 19.9 Å². The van der Waals surface area contributed by atoms with Gasteiger partial charge < -0.3 is 15.8 Å². The summed E-state index contributed by atoms with van der Waals surface area (Å²) in [5.74, 6) is 0.192. The van der Waals surface area contributed by atoms with E-state index >= 15 is 0 Å². The highest BCUT2D eigenvalue weighted by Crippen LogP contribution is 2.23. The lowest BCUT2D eigenvalue weighted by molar-refractivity contribution is 0.0179. The van der Waals surface area contributed by atoms with Crippen molar-refractivity contribution in [2.45, 2.75) is 25.9 Å². The highest BCUT2D eigenvalue weighted by Gasteiger charge is 2.22. The summed E-state index contributed by atoms with van der Waals surface area (Å²) in [5, 5.41) is 3.07. The van der Waals surface area contributed by atoms with Crippen molar-refractivity contribution in [1.29, 1.82) is 0 Å². The summed E-state index contributed by atoms with van der Waals surface area (Å²) in [6.45, 7) is 7.52. The van der Waals surface area contributed by atoms with Crippen molar-refractivity contribution in [1.82, 2.24) is 10.2 Å². The molecule has 1 heterocycles. The number of benzene rings is 1. The van der Waals surface area contributed by atoms with Gasteiger partial charge in [0.15, 0.2) is 5.96 Å². The monoisotopic (exact) mass is 436 g/mol. The lowest BCUT2D eigenvalue weighted by atomic mass is 10.0. The molecule has 1 aliphatic heterocycles. The van der Waals surface area contributed by atoms with Crippen molar-refractivity contribution in [2.75, 3.05) is 32.8 Å². The molecule has 0 aliphatic carbocycles. The van der Waals surface area contributed by atoms with Gasteiger partial charge >= 0.3 is 0 Å². The Bertz CT molecular complexity index is 507. The molecule has 1 unspecified atom stereocenters. The van der Waals surface area contributed by atoms with Crippen LogP contribution >= 0.6 is 24.0 Å². The third kappa shape index (κ3) is 6.60. The fraction of sp³-hybridized carbons (Fsp3) is 0.562. The van der Waals surface area contributed by atoms with Crippen LogP contribution in [-0.2, 0) is 4.74 Å². The summed E-state index contributed by atoms with van der Waals surface area (Å²) in [7, 11) is 0. The quantitative estimate of drug-likeness (QED) is 0.422. The van der Waals surface area contributed by atoms with Crippen LogP contribution in [0.15, 0.2) is 29.3 Å². The van der Waals surface area contributed by atoms with Gasteiger partial charge in [0, 0.05) is 19.1 Å². The van der Waals surface area contributed by atoms with Crippen LogP contribution < -0.4 is 11.1 Å². The van der Waals surface area contributed by atoms with Gasteiger partial charge in [-0.25, -0.2) is 4.39 Å². The summed E-state index contributed by atoms with van der Waals surface area (Å²) in [6.07, 6.45) is 0. The van der Waals surface area contributed by atoms with E-state index in [4.69, 9.17) is 10.5 Å². The zero-order chi connectivity index (χ0) is 15.9. The average Bonchev–Trinajstić information content (AvgIpc) is 2.48. The molecule has 1 aromatic carbocycles. The number of hydrogen-bond donors (Lipinski definition) is 2. The molecule has 0 bridgehead atoms. The number of halogens is 2. The van der Waals surface area contributed by atoms with E-state index in [-0.39, 0.29) is 41.9 Å². The number of morpholine rings is 1. The molecule has 7 heteroatoms. The Labute approximate surface area is 154 Å². The van der Waals surface area contributed by atoms with Gasteiger partial charge in [0.05, 0.1) is 25.8 Å². The van der Waals surface area contributed by atoms with Crippen LogP contribution in [0.1, 0.15) is 25.5 Å². The van der Waals surface area contributed by atoms with Gasteiger partial charge in [-0.1, -0.05) is 12.1 Å². The third-order valence-electron chi connectivity index (χ3n) is 3.59. The molecule has 2 rings (SSSR count). The Kier molecular flexibility index (Phi) is 8.78. The highest BCUT2D eigenvalue weighted by molar-refractivity contribution is 14.0. The molecule has 1 fully saturated rings. The normalized spacial score (nSPS) is 17.7. The van der Waals surface area contributed by atoms with E-state index in [0.29, 0.717) is 25.7 Å². The molecule has 0 spiro atoms. The second-order valence-electron chi connectivity index (χ2n) is 5.74. The van der Waals surface area contributed by atoms with Gasteiger partial charge in [0.2, 0.25) is 0 Å². The van der Waals surface area contributed by atoms with E-state index < -0.39 is 0 Å². The number of guanidine groups is 1. The lowest BCUT2D eigenvalue weighted by Crippen LogP contribution is -2.41. The summed E-state index contributed by atoms with van der Waals surface area (Å²) < 4.78 is 18.9. The van der Waals surface area contributed by atoms with Gasteiger partial charge in [-0.15, -0.1) is 24.0 Å². The lowest BCUT2D eigenvalue weighted by Gasteiger charge is -2.34. The SMILES string of the molecule is CC(C)NC(N)=NCC(c1cccc(F)c1)N1CCOCC1.I. The molecule has 0 radical (unpaired) electrons. The Balaban J connectivity index is 0.00000264. The van der Waals surface area contributed by atoms with Gasteiger partial charge in [-0.05, 0) is 31.5 Å². The van der Waals surface area contributed by atoms with E-state index in [9.17, 15) is 4.39 Å². The van der Waals surface area contributed by atoms with Crippen molar-refractivity contribution in [3.63, 3.8) is 0 Å². The highest BCUT2D eigenvalue weighted by atomic mass is 127. The molecular weight excluding hydrogens is 410 g/mol. The predicted octanol–water partition coefficient (Wildman–Crippen LogP) is 2.13. The number of nitrogens with one attached hydrogen (secondary N) is 1. The first-order valence-electron chi connectivity index (χ1n) is 7.70. The smallest absolute Gasteiger partial charge is 0.188 e. The van der Waals surface area contributed by atoms with Gasteiger partial charge in [0.1, 0.15) is 5.82 Å². The van der Waals surface area contributed by atoms with Crippen LogP contribution in [0, 0.1) is 5.82 Å². The summed E-state index contributed by atoms with van der Waals surface area (Å²) in [6, 6.07) is 6.94. The molecule has 5 nitrogen and oxygen atoms in total. The minimum absolute atomic E-state index is 0. The second-order valence-corrected chi connectivity index (χ2v) is 5.74. The maximum atomic E-state index is 13.5. The Morgan fingerprint density at radius 2 is 2.09 bits per heavy atom. The van der Waals surface area contributed by atoms with Gasteiger partial charge in [0.25, 0.3) is 0 Å². The number of nitrogens with two attached hydrogens (primary N) is 1. The maximum Gasteiger partial charge on any atom is 0.188 e. The molecule has 1 saturated heterocycles. The number of nitrogens with zero attached hydrogens (tertiary/aromatic N) is 2. The van der Waals surface area contributed by atoms with Crippen LogP contribution in [0.3, 0.4) is 0 Å². The first-order valence-corrected chi connectivity index (χ1v) is 7.70. The Morgan fingerprint density at radius 3 is 2.70 bits per heavy atom. The van der Waals surface area contributed by atoms with Crippen LogP contribution in [0.4, 0.5) is 4.39 Å². The van der Waals surface area contributed by atoms with Crippen LogP contribution in [0.25, 0.3) is 0 Å². The van der Waals surface area contributed by atoms with Crippen molar-refractivity contribution in [2.24, 2.45) is 10.7 Å². The predicted molar refractivity (Wildman–Crippen MR) is 102 cm³/mol. The summed E-state index contributed by atoms with van der Waals surface area (Å²) >= 11 is 0. The molecular formula is C16H26FIN4O. The molecule has 0 saturated carbocycles. The second kappa shape index (κ2) is 10.0. The summed E-state index contributed by atoms with van der Waals surface area (Å²) in [5.41, 5.74) is 6.80. The zero-order valence-corrected chi connectivity index (χ0v) is 16.0. The van der Waals surface area contributed by atoms with Crippen LogP contribution in [0.2, 0.25) is 0 Å². The Morgan fingerprint density at radius 1 is 1.39 bits per heavy atom. The number of ether oxygens (including phenoxy) is 1. The standard InChI is InChI=1S/C16H25FN4O.HI/c1-12(2)20-16(18)19-11-15(21-6-8-22-9-7-21)13-4-3-5-14(17)10-13;/h3-5,10,12,15H,6-9,11H2,1-2H3,(H3,18,19,20);1H. The van der Waals surface area contributed by atoms with Crippen LogP contribution in [-0.4, -0.2) is 49.7 Å². The average molecular weight is 436 g/mol. The van der Waals surface area contributed by atoms with E-state index in [1.54, 1.807) is 12.1 Å². The minimum Gasteiger partial charge on any atom is -0.379 e. The number of rotatable bonds is 5. The molecule has 1 atom stereocenters. The molecule has 3 N–H and O–H groups in total. The molecule has 0 aromatic heterocycles. The van der Waals surface area contributed by atoms with Crippen LogP contribution in [0.5, 0.6) is 0 Å². The van der Waals surface area contributed by atoms with Crippen molar-refractivity contribution in [3.05, 3.63) is 35.6 Å². The fourth-order valence-electron chi connectivity index (χ4n) is 2.56. The Hall–Kier alpha value is -0.930. The van der Waals surface area contributed by atoms with Gasteiger partial charge in [-0.3, -0.25) is 9.89 Å². The number of hydrogen-bond acceptors (Lipinski definition) is 3. The molecule has 130 valence electrons. The van der Waals surface area contributed by atoms with E-state index in [1.165, 1.54) is 6.07 Å². The van der Waals surface area contributed by atoms with Crippen molar-refractivity contribution in [3.8, 4) is 0 Å². The largest absolute Gasteiger partial charge is 0.379 e. The number of aliphatic imine (C=N–C) groups is 1. The first-order chi connectivity index (χ1) is 10.6. The zero-order valence-electron chi connectivity index (χ0n) is 13.7. The molecule has 1 aliphatic rings. The van der Waals surface area contributed by atoms with Gasteiger partial charge in [-0.2, -0.15) is 0 Å². The first kappa shape index (κ1) is 20.1. The maximum absolute atomic E-state index is 13.5. The topological polar surface area (TPSA) is 62.9 Å². The minimum atomic E-state index is -0.229. The van der Waals surface area contributed by atoms with Crippen molar-refractivity contribution >= 4 is 29.9 Å². The summed E-state index contributed by atoms with van der Waals surface area (Å²) in [4.78, 5) is 6.69. The van der Waals surface area contributed by atoms with E-state index in [0.717, 1.165) is 18.7 Å². The molecule has 0 amide bonds. The molecule has 1 aromatic rings. The third-order valence-corrected chi connectivity index (χ3v) is 3.59.